The van der Waals surface area contributed by atoms with E-state index in [4.69, 9.17) is 9.47 Å². The van der Waals surface area contributed by atoms with Crippen LogP contribution in [-0.2, 0) is 30.8 Å². The van der Waals surface area contributed by atoms with Crippen LogP contribution in [-0.4, -0.2) is 29.1 Å². The van der Waals surface area contributed by atoms with Gasteiger partial charge in [0.05, 0.1) is 0 Å². The Kier molecular flexibility index (Phi) is 9.50. The van der Waals surface area contributed by atoms with Gasteiger partial charge in [-0.1, -0.05) is 91.0 Å². The molecular weight excluding hydrogens is 496 g/mol. The molecule has 1 N–H and O–H groups in total. The van der Waals surface area contributed by atoms with Crippen molar-refractivity contribution in [1.29, 1.82) is 0 Å². The second kappa shape index (κ2) is 14.0. The second-order valence-corrected chi connectivity index (χ2v) is 10.0. The van der Waals surface area contributed by atoms with Crippen molar-refractivity contribution in [2.24, 2.45) is 0 Å². The van der Waals surface area contributed by atoms with Gasteiger partial charge in [-0.3, -0.25) is 0 Å². The summed E-state index contributed by atoms with van der Waals surface area (Å²) in [6, 6.07) is 36.6. The summed E-state index contributed by atoms with van der Waals surface area (Å²) in [7, 11) is 0. The third kappa shape index (κ3) is 7.76. The van der Waals surface area contributed by atoms with E-state index in [1.165, 1.54) is 16.5 Å². The number of benzene rings is 4. The maximum Gasteiger partial charge on any atom is 0.410 e. The van der Waals surface area contributed by atoms with Crippen molar-refractivity contribution >= 4 is 17.0 Å². The van der Waals surface area contributed by atoms with Crippen LogP contribution in [0.1, 0.15) is 35.1 Å². The summed E-state index contributed by atoms with van der Waals surface area (Å²) in [6.45, 7) is 2.12. The van der Waals surface area contributed by atoms with Gasteiger partial charge >= 0.3 is 6.09 Å². The lowest BCUT2D eigenvalue weighted by Crippen LogP contribution is -2.34. The molecule has 1 amide bonds. The molecule has 5 rings (SSSR count). The highest BCUT2D eigenvalue weighted by atomic mass is 16.6. The van der Waals surface area contributed by atoms with Crippen molar-refractivity contribution in [3.63, 3.8) is 0 Å². The van der Waals surface area contributed by atoms with Gasteiger partial charge < -0.3 is 19.4 Å². The molecule has 5 nitrogen and oxygen atoms in total. The number of hydrogen-bond acceptors (Lipinski definition) is 3. The Morgan fingerprint density at radius 1 is 0.650 bits per heavy atom. The van der Waals surface area contributed by atoms with Crippen molar-refractivity contribution in [2.45, 2.75) is 38.9 Å². The highest BCUT2D eigenvalue weighted by Crippen LogP contribution is 2.19. The van der Waals surface area contributed by atoms with Crippen molar-refractivity contribution in [2.75, 3.05) is 13.1 Å². The van der Waals surface area contributed by atoms with Crippen LogP contribution < -0.4 is 4.74 Å². The Morgan fingerprint density at radius 2 is 1.32 bits per heavy atom. The first-order valence-corrected chi connectivity index (χ1v) is 14.0. The first kappa shape index (κ1) is 27.1. The van der Waals surface area contributed by atoms with Gasteiger partial charge in [-0.15, -0.1) is 0 Å². The van der Waals surface area contributed by atoms with E-state index >= 15 is 0 Å². The first-order chi connectivity index (χ1) is 19.7. The first-order valence-electron chi connectivity index (χ1n) is 14.0. The molecule has 0 radical (unpaired) electrons. The van der Waals surface area contributed by atoms with E-state index in [2.05, 4.69) is 41.4 Å². The molecule has 0 aliphatic heterocycles. The summed E-state index contributed by atoms with van der Waals surface area (Å²) in [6.07, 6.45) is 5.40. The van der Waals surface area contributed by atoms with Crippen LogP contribution >= 0.6 is 0 Å². The molecule has 0 saturated heterocycles. The highest BCUT2D eigenvalue weighted by molar-refractivity contribution is 5.83. The molecule has 0 aliphatic carbocycles. The molecule has 40 heavy (non-hydrogen) atoms. The molecule has 5 aromatic rings. The number of rotatable bonds is 13. The molecule has 0 saturated carbocycles. The minimum absolute atomic E-state index is 0.261. The Morgan fingerprint density at radius 3 is 2.08 bits per heavy atom. The van der Waals surface area contributed by atoms with Crippen LogP contribution in [0.25, 0.3) is 10.9 Å². The number of aromatic amines is 1. The predicted molar refractivity (Wildman–Crippen MR) is 160 cm³/mol. The number of para-hydroxylation sites is 1. The minimum atomic E-state index is -0.261. The molecule has 1 aromatic heterocycles. The van der Waals surface area contributed by atoms with Crippen LogP contribution in [0.5, 0.6) is 5.75 Å². The van der Waals surface area contributed by atoms with Gasteiger partial charge in [-0.25, -0.2) is 4.79 Å². The SMILES string of the molecule is O=C(OCc1ccccc1)N(CCCCc1ccc(OCc2ccccc2)cc1)CCc1c[nH]c2ccccc12. The van der Waals surface area contributed by atoms with Crippen LogP contribution in [0.3, 0.4) is 0 Å². The average molecular weight is 533 g/mol. The van der Waals surface area contributed by atoms with E-state index in [1.54, 1.807) is 0 Å². The number of fused-ring (bicyclic) bond motifs is 1. The molecule has 0 spiro atoms. The quantitative estimate of drug-likeness (QED) is 0.157. The fourth-order valence-electron chi connectivity index (χ4n) is 4.82. The zero-order valence-corrected chi connectivity index (χ0v) is 22.8. The topological polar surface area (TPSA) is 54.6 Å². The molecule has 0 unspecified atom stereocenters. The zero-order valence-electron chi connectivity index (χ0n) is 22.8. The Bertz CT molecular complexity index is 1460. The lowest BCUT2D eigenvalue weighted by atomic mass is 10.1. The van der Waals surface area contributed by atoms with Gasteiger partial charge in [0.2, 0.25) is 0 Å². The number of ether oxygens (including phenoxy) is 2. The monoisotopic (exact) mass is 532 g/mol. The van der Waals surface area contributed by atoms with E-state index in [0.29, 0.717) is 19.7 Å². The van der Waals surface area contributed by atoms with Crippen molar-refractivity contribution in [3.8, 4) is 5.75 Å². The van der Waals surface area contributed by atoms with Crippen LogP contribution in [0.15, 0.2) is 115 Å². The molecule has 204 valence electrons. The molecule has 5 heteroatoms. The average Bonchev–Trinajstić information content (AvgIpc) is 3.43. The highest BCUT2D eigenvalue weighted by Gasteiger charge is 2.16. The smallest absolute Gasteiger partial charge is 0.410 e. The Balaban J connectivity index is 1.12. The summed E-state index contributed by atoms with van der Waals surface area (Å²) in [5, 5.41) is 1.20. The molecule has 1 heterocycles. The molecule has 4 aromatic carbocycles. The number of aromatic nitrogens is 1. The van der Waals surface area contributed by atoms with Gasteiger partial charge in [-0.2, -0.15) is 0 Å². The van der Waals surface area contributed by atoms with E-state index in [1.807, 2.05) is 83.9 Å². The van der Waals surface area contributed by atoms with Crippen LogP contribution in [0, 0.1) is 0 Å². The van der Waals surface area contributed by atoms with Crippen LogP contribution in [0.4, 0.5) is 4.79 Å². The van der Waals surface area contributed by atoms with Gasteiger partial charge in [0, 0.05) is 30.2 Å². The van der Waals surface area contributed by atoms with Crippen molar-refractivity contribution in [1.82, 2.24) is 9.88 Å². The predicted octanol–water partition coefficient (Wildman–Crippen LogP) is 7.95. The molecule has 0 fully saturated rings. The maximum atomic E-state index is 13.1. The third-order valence-corrected chi connectivity index (χ3v) is 7.10. The standard InChI is InChI=1S/C35H36N2O3/c38-35(40-27-30-14-5-2-6-15-30)37(24-22-31-25-36-34-17-8-7-16-33(31)34)23-10-9-11-28-18-20-32(21-19-28)39-26-29-12-3-1-4-13-29/h1-8,12-21,25,36H,9-11,22-24,26-27H2. The molecular formula is C35H36N2O3. The number of amides is 1. The zero-order chi connectivity index (χ0) is 27.4. The Hall–Kier alpha value is -4.51. The summed E-state index contributed by atoms with van der Waals surface area (Å²) in [4.78, 5) is 18.3. The molecule has 0 bridgehead atoms. The summed E-state index contributed by atoms with van der Waals surface area (Å²) in [5.41, 5.74) is 5.74. The molecule has 0 aliphatic rings. The third-order valence-electron chi connectivity index (χ3n) is 7.10. The number of nitrogens with one attached hydrogen (secondary N) is 1. The minimum Gasteiger partial charge on any atom is -0.489 e. The Labute approximate surface area is 236 Å². The normalized spacial score (nSPS) is 10.9. The fourth-order valence-corrected chi connectivity index (χ4v) is 4.82. The number of unbranched alkanes of at least 4 members (excludes halogenated alkanes) is 1. The van der Waals surface area contributed by atoms with E-state index in [-0.39, 0.29) is 12.7 Å². The molecule has 0 atom stereocenters. The number of hydrogen-bond donors (Lipinski definition) is 1. The number of H-pyrrole nitrogens is 1. The van der Waals surface area contributed by atoms with Crippen molar-refractivity contribution in [3.05, 3.63) is 138 Å². The summed E-state index contributed by atoms with van der Waals surface area (Å²) >= 11 is 0. The van der Waals surface area contributed by atoms with Gasteiger partial charge in [0.15, 0.2) is 0 Å². The number of carbonyl (C=O) groups excluding carboxylic acids is 1. The van der Waals surface area contributed by atoms with Gasteiger partial charge in [-0.05, 0) is 66.1 Å². The number of nitrogens with zero attached hydrogens (tertiary/aromatic N) is 1. The van der Waals surface area contributed by atoms with E-state index < -0.39 is 0 Å². The lowest BCUT2D eigenvalue weighted by molar-refractivity contribution is 0.0959. The van der Waals surface area contributed by atoms with Gasteiger partial charge in [0.25, 0.3) is 0 Å². The van der Waals surface area contributed by atoms with Crippen LogP contribution in [0.2, 0.25) is 0 Å². The number of aryl methyl sites for hydroxylation is 1. The maximum absolute atomic E-state index is 13.1. The number of carbonyl (C=O) groups is 1. The largest absolute Gasteiger partial charge is 0.489 e. The second-order valence-electron chi connectivity index (χ2n) is 10.0. The van der Waals surface area contributed by atoms with Crippen molar-refractivity contribution < 1.29 is 14.3 Å². The summed E-state index contributed by atoms with van der Waals surface area (Å²) < 4.78 is 11.6. The fraction of sp³-hybridized carbons (Fsp3) is 0.229. The van der Waals surface area contributed by atoms with E-state index in [9.17, 15) is 4.79 Å². The lowest BCUT2D eigenvalue weighted by Gasteiger charge is -2.22. The summed E-state index contributed by atoms with van der Waals surface area (Å²) in [5.74, 6) is 0.872. The van der Waals surface area contributed by atoms with Gasteiger partial charge in [0.1, 0.15) is 19.0 Å². The van der Waals surface area contributed by atoms with E-state index in [0.717, 1.165) is 48.1 Å².